The third-order valence-electron chi connectivity index (χ3n) is 3.74. The molecular weight excluding hydrogens is 244 g/mol. The van der Waals surface area contributed by atoms with Crippen LogP contribution in [0, 0.1) is 13.8 Å². The highest BCUT2D eigenvalue weighted by Crippen LogP contribution is 2.39. The third kappa shape index (κ3) is 1.89. The summed E-state index contributed by atoms with van der Waals surface area (Å²) in [6.07, 6.45) is 4.55. The predicted octanol–water partition coefficient (Wildman–Crippen LogP) is 3.75. The molecule has 1 saturated carbocycles. The maximum atomic E-state index is 6.44. The van der Waals surface area contributed by atoms with E-state index in [1.807, 2.05) is 19.9 Å². The maximum Gasteiger partial charge on any atom is 0.113 e. The Hall–Kier alpha value is -1.13. The van der Waals surface area contributed by atoms with Crippen LogP contribution < -0.4 is 5.73 Å². The average molecular weight is 262 g/mol. The number of rotatable bonds is 2. The van der Waals surface area contributed by atoms with Gasteiger partial charge < -0.3 is 10.2 Å². The van der Waals surface area contributed by atoms with E-state index in [9.17, 15) is 0 Å². The van der Waals surface area contributed by atoms with Crippen LogP contribution in [0.3, 0.4) is 0 Å². The van der Waals surface area contributed by atoms with Gasteiger partial charge in [0.15, 0.2) is 0 Å². The zero-order valence-electron chi connectivity index (χ0n) is 10.8. The highest BCUT2D eigenvalue weighted by Gasteiger charge is 2.34. The molecule has 3 nitrogen and oxygen atoms in total. The van der Waals surface area contributed by atoms with Gasteiger partial charge in [-0.15, -0.1) is 11.3 Å². The molecule has 1 aliphatic carbocycles. The largest absolute Gasteiger partial charge is 0.466 e. The molecule has 2 aromatic heterocycles. The molecule has 0 saturated heterocycles. The average Bonchev–Trinajstić information content (AvgIpc) is 2.99. The monoisotopic (exact) mass is 262 g/mol. The van der Waals surface area contributed by atoms with Crippen LogP contribution in [-0.4, -0.2) is 4.98 Å². The van der Waals surface area contributed by atoms with Gasteiger partial charge in [0.25, 0.3) is 0 Å². The van der Waals surface area contributed by atoms with Gasteiger partial charge in [0, 0.05) is 10.9 Å². The van der Waals surface area contributed by atoms with Crippen LogP contribution in [-0.2, 0) is 5.54 Å². The molecule has 0 bridgehead atoms. The summed E-state index contributed by atoms with van der Waals surface area (Å²) < 4.78 is 5.56. The summed E-state index contributed by atoms with van der Waals surface area (Å²) in [6.45, 7) is 3.94. The molecule has 2 aromatic rings. The second-order valence-corrected chi connectivity index (χ2v) is 6.09. The molecule has 0 radical (unpaired) electrons. The van der Waals surface area contributed by atoms with Gasteiger partial charge in [-0.2, -0.15) is 0 Å². The minimum atomic E-state index is -0.185. The summed E-state index contributed by atoms with van der Waals surface area (Å²) in [7, 11) is 0. The zero-order valence-corrected chi connectivity index (χ0v) is 11.6. The normalized spacial score (nSPS) is 18.4. The summed E-state index contributed by atoms with van der Waals surface area (Å²) in [5.41, 5.74) is 8.35. The molecule has 0 spiro atoms. The van der Waals surface area contributed by atoms with E-state index in [0.29, 0.717) is 0 Å². The second kappa shape index (κ2) is 4.21. The Kier molecular flexibility index (Phi) is 2.79. The van der Waals surface area contributed by atoms with E-state index in [1.165, 1.54) is 12.8 Å². The first kappa shape index (κ1) is 11.9. The molecule has 0 atom stereocenters. The lowest BCUT2D eigenvalue weighted by atomic mass is 10.0. The van der Waals surface area contributed by atoms with Crippen LogP contribution in [0.2, 0.25) is 0 Å². The SMILES string of the molecule is Cc1cc(-c2csc(C3(N)CCCC3)n2)c(C)o1. The molecule has 96 valence electrons. The van der Waals surface area contributed by atoms with E-state index in [1.54, 1.807) is 11.3 Å². The van der Waals surface area contributed by atoms with Crippen molar-refractivity contribution < 1.29 is 4.42 Å². The van der Waals surface area contributed by atoms with Gasteiger partial charge in [-0.25, -0.2) is 4.98 Å². The Morgan fingerprint density at radius 3 is 2.67 bits per heavy atom. The molecule has 2 N–H and O–H groups in total. The van der Waals surface area contributed by atoms with Crippen molar-refractivity contribution in [1.82, 2.24) is 4.98 Å². The van der Waals surface area contributed by atoms with Crippen molar-refractivity contribution >= 4 is 11.3 Å². The van der Waals surface area contributed by atoms with E-state index >= 15 is 0 Å². The van der Waals surface area contributed by atoms with Gasteiger partial charge in [0.2, 0.25) is 0 Å². The summed E-state index contributed by atoms with van der Waals surface area (Å²) in [4.78, 5) is 4.74. The molecule has 18 heavy (non-hydrogen) atoms. The minimum absolute atomic E-state index is 0.185. The van der Waals surface area contributed by atoms with Crippen LogP contribution in [0.4, 0.5) is 0 Å². The molecule has 0 amide bonds. The summed E-state index contributed by atoms with van der Waals surface area (Å²) in [5, 5.41) is 3.17. The minimum Gasteiger partial charge on any atom is -0.466 e. The third-order valence-corrected chi connectivity index (χ3v) is 4.81. The van der Waals surface area contributed by atoms with Crippen LogP contribution in [0.15, 0.2) is 15.9 Å². The number of thiazole rings is 1. The lowest BCUT2D eigenvalue weighted by molar-refractivity contribution is 0.459. The highest BCUT2D eigenvalue weighted by atomic mass is 32.1. The van der Waals surface area contributed by atoms with E-state index < -0.39 is 0 Å². The fourth-order valence-corrected chi connectivity index (χ4v) is 3.72. The fraction of sp³-hybridized carbons (Fsp3) is 0.500. The van der Waals surface area contributed by atoms with Crippen molar-refractivity contribution in [3.05, 3.63) is 28.0 Å². The fourth-order valence-electron chi connectivity index (χ4n) is 2.73. The van der Waals surface area contributed by atoms with E-state index in [-0.39, 0.29) is 5.54 Å². The molecule has 2 heterocycles. The number of aromatic nitrogens is 1. The molecule has 0 unspecified atom stereocenters. The number of furan rings is 1. The molecular formula is C14H18N2OS. The maximum absolute atomic E-state index is 6.44. The van der Waals surface area contributed by atoms with E-state index in [2.05, 4.69) is 5.38 Å². The first-order chi connectivity index (χ1) is 8.58. The topological polar surface area (TPSA) is 52.0 Å². The van der Waals surface area contributed by atoms with Crippen molar-refractivity contribution in [2.45, 2.75) is 45.1 Å². The second-order valence-electron chi connectivity index (χ2n) is 5.23. The van der Waals surface area contributed by atoms with Crippen molar-refractivity contribution in [2.75, 3.05) is 0 Å². The van der Waals surface area contributed by atoms with Gasteiger partial charge >= 0.3 is 0 Å². The number of aryl methyl sites for hydroxylation is 2. The number of nitrogens with two attached hydrogens (primary N) is 1. The van der Waals surface area contributed by atoms with Crippen molar-refractivity contribution in [3.8, 4) is 11.3 Å². The lowest BCUT2D eigenvalue weighted by Crippen LogP contribution is -2.32. The van der Waals surface area contributed by atoms with Crippen LogP contribution >= 0.6 is 11.3 Å². The van der Waals surface area contributed by atoms with Crippen LogP contribution in [0.25, 0.3) is 11.3 Å². The lowest BCUT2D eigenvalue weighted by Gasteiger charge is -2.19. The van der Waals surface area contributed by atoms with Crippen LogP contribution in [0.5, 0.6) is 0 Å². The quantitative estimate of drug-likeness (QED) is 0.896. The molecule has 4 heteroatoms. The Morgan fingerprint density at radius 1 is 1.33 bits per heavy atom. The first-order valence-corrected chi connectivity index (χ1v) is 7.29. The Bertz CT molecular complexity index is 564. The Morgan fingerprint density at radius 2 is 2.06 bits per heavy atom. The smallest absolute Gasteiger partial charge is 0.113 e. The Balaban J connectivity index is 1.96. The van der Waals surface area contributed by atoms with E-state index in [0.717, 1.165) is 40.6 Å². The predicted molar refractivity (Wildman–Crippen MR) is 73.6 cm³/mol. The van der Waals surface area contributed by atoms with Crippen molar-refractivity contribution in [3.63, 3.8) is 0 Å². The molecule has 1 fully saturated rings. The molecule has 3 rings (SSSR count). The van der Waals surface area contributed by atoms with Crippen molar-refractivity contribution in [1.29, 1.82) is 0 Å². The van der Waals surface area contributed by atoms with Gasteiger partial charge in [-0.3, -0.25) is 0 Å². The van der Waals surface area contributed by atoms with Gasteiger partial charge in [0.05, 0.1) is 11.2 Å². The Labute approximate surface area is 111 Å². The summed E-state index contributed by atoms with van der Waals surface area (Å²) in [5.74, 6) is 1.86. The molecule has 0 aromatic carbocycles. The first-order valence-electron chi connectivity index (χ1n) is 6.41. The van der Waals surface area contributed by atoms with Gasteiger partial charge in [-0.1, -0.05) is 12.8 Å². The highest BCUT2D eigenvalue weighted by molar-refractivity contribution is 7.10. The van der Waals surface area contributed by atoms with Crippen LogP contribution in [0.1, 0.15) is 42.2 Å². The van der Waals surface area contributed by atoms with Gasteiger partial charge in [0.1, 0.15) is 16.5 Å². The van der Waals surface area contributed by atoms with Gasteiger partial charge in [-0.05, 0) is 32.8 Å². The summed E-state index contributed by atoms with van der Waals surface area (Å²) in [6, 6.07) is 2.05. The zero-order chi connectivity index (χ0) is 12.8. The number of hydrogen-bond acceptors (Lipinski definition) is 4. The number of hydrogen-bond donors (Lipinski definition) is 1. The summed E-state index contributed by atoms with van der Waals surface area (Å²) >= 11 is 1.68. The van der Waals surface area contributed by atoms with Crippen molar-refractivity contribution in [2.24, 2.45) is 5.73 Å². The molecule has 0 aliphatic heterocycles. The molecule has 1 aliphatic rings. The standard InChI is InChI=1S/C14H18N2OS/c1-9-7-11(10(2)17-9)12-8-18-13(16-12)14(15)5-3-4-6-14/h7-8H,3-6,15H2,1-2H3. The number of nitrogens with zero attached hydrogens (tertiary/aromatic N) is 1. The van der Waals surface area contributed by atoms with E-state index in [4.69, 9.17) is 15.1 Å².